The minimum Gasteiger partial charge on any atom is -0.345 e. The lowest BCUT2D eigenvalue weighted by Gasteiger charge is -2.24. The molecule has 1 aromatic heterocycles. The molecule has 1 aromatic carbocycles. The van der Waals surface area contributed by atoms with Crippen molar-refractivity contribution in [2.75, 3.05) is 7.05 Å². The Morgan fingerprint density at radius 1 is 1.36 bits per heavy atom. The molecule has 3 nitrogen and oxygen atoms in total. The van der Waals surface area contributed by atoms with Crippen molar-refractivity contribution in [3.05, 3.63) is 30.1 Å². The van der Waals surface area contributed by atoms with Crippen molar-refractivity contribution in [2.24, 2.45) is 0 Å². The lowest BCUT2D eigenvalue weighted by atomic mass is 9.94. The summed E-state index contributed by atoms with van der Waals surface area (Å²) in [6.07, 6.45) is 1.72. The Bertz CT molecular complexity index is 442. The van der Waals surface area contributed by atoms with Crippen LogP contribution in [0.3, 0.4) is 0 Å². The normalized spacial score (nSPS) is 12.2. The van der Waals surface area contributed by atoms with Gasteiger partial charge in [-0.3, -0.25) is 0 Å². The third-order valence-corrected chi connectivity index (χ3v) is 2.77. The summed E-state index contributed by atoms with van der Waals surface area (Å²) in [6.45, 7) is 4.31. The topological polar surface area (TPSA) is 40.7 Å². The first kappa shape index (κ1) is 9.21. The molecule has 0 fully saturated rings. The zero-order valence-electron chi connectivity index (χ0n) is 8.76. The predicted molar refractivity (Wildman–Crippen MR) is 58.2 cm³/mol. The molecule has 2 N–H and O–H groups in total. The minimum absolute atomic E-state index is 0.000694. The van der Waals surface area contributed by atoms with Gasteiger partial charge in [0.15, 0.2) is 0 Å². The Morgan fingerprint density at radius 2 is 2.14 bits per heavy atom. The van der Waals surface area contributed by atoms with Crippen molar-refractivity contribution in [3.63, 3.8) is 0 Å². The highest BCUT2D eigenvalue weighted by Crippen LogP contribution is 2.22. The van der Waals surface area contributed by atoms with E-state index in [1.807, 2.05) is 13.1 Å². The van der Waals surface area contributed by atoms with E-state index in [2.05, 4.69) is 41.3 Å². The van der Waals surface area contributed by atoms with Gasteiger partial charge in [-0.1, -0.05) is 6.07 Å². The van der Waals surface area contributed by atoms with Crippen LogP contribution in [-0.2, 0) is 5.54 Å². The first-order chi connectivity index (χ1) is 6.63. The number of rotatable bonds is 2. The van der Waals surface area contributed by atoms with E-state index >= 15 is 0 Å². The summed E-state index contributed by atoms with van der Waals surface area (Å²) in [5, 5.41) is 3.28. The van der Waals surface area contributed by atoms with Gasteiger partial charge in [0.25, 0.3) is 0 Å². The number of nitrogens with zero attached hydrogens (tertiary/aromatic N) is 1. The van der Waals surface area contributed by atoms with Crippen LogP contribution in [0.4, 0.5) is 0 Å². The number of H-pyrrole nitrogens is 1. The molecule has 14 heavy (non-hydrogen) atoms. The van der Waals surface area contributed by atoms with Gasteiger partial charge in [-0.05, 0) is 38.6 Å². The Morgan fingerprint density at radius 3 is 2.86 bits per heavy atom. The van der Waals surface area contributed by atoms with Crippen molar-refractivity contribution in [2.45, 2.75) is 19.4 Å². The van der Waals surface area contributed by atoms with Crippen LogP contribution < -0.4 is 5.32 Å². The molecule has 0 radical (unpaired) electrons. The third-order valence-electron chi connectivity index (χ3n) is 2.77. The molecule has 0 aliphatic carbocycles. The molecule has 0 amide bonds. The Labute approximate surface area is 83.6 Å². The number of benzene rings is 1. The van der Waals surface area contributed by atoms with Crippen LogP contribution >= 0.6 is 0 Å². The summed E-state index contributed by atoms with van der Waals surface area (Å²) in [4.78, 5) is 7.31. The second-order valence-electron chi connectivity index (χ2n) is 4.01. The largest absolute Gasteiger partial charge is 0.345 e. The summed E-state index contributed by atoms with van der Waals surface area (Å²) in [5.74, 6) is 0. The standard InChI is InChI=1S/C11H15N3/c1-11(2,12-3)8-4-5-9-10(6-8)14-7-13-9/h4-7,12H,1-3H3,(H,13,14). The Hall–Kier alpha value is -1.35. The molecule has 0 bridgehead atoms. The van der Waals surface area contributed by atoms with Crippen LogP contribution in [0.15, 0.2) is 24.5 Å². The lowest BCUT2D eigenvalue weighted by Crippen LogP contribution is -2.32. The van der Waals surface area contributed by atoms with E-state index in [9.17, 15) is 0 Å². The molecule has 2 aromatic rings. The maximum absolute atomic E-state index is 4.19. The SMILES string of the molecule is CNC(C)(C)c1ccc2nc[nH]c2c1. The number of imidazole rings is 1. The zero-order valence-corrected chi connectivity index (χ0v) is 8.76. The van der Waals surface area contributed by atoms with Crippen LogP contribution in [0.1, 0.15) is 19.4 Å². The monoisotopic (exact) mass is 189 g/mol. The second kappa shape index (κ2) is 3.10. The summed E-state index contributed by atoms with van der Waals surface area (Å²) in [7, 11) is 1.97. The number of hydrogen-bond acceptors (Lipinski definition) is 2. The van der Waals surface area contributed by atoms with E-state index in [0.29, 0.717) is 0 Å². The minimum atomic E-state index is -0.000694. The number of fused-ring (bicyclic) bond motifs is 1. The van der Waals surface area contributed by atoms with Gasteiger partial charge < -0.3 is 10.3 Å². The first-order valence-corrected chi connectivity index (χ1v) is 4.76. The average Bonchev–Trinajstić information content (AvgIpc) is 2.64. The Kier molecular flexibility index (Phi) is 2.04. The number of hydrogen-bond donors (Lipinski definition) is 2. The first-order valence-electron chi connectivity index (χ1n) is 4.76. The highest BCUT2D eigenvalue weighted by Gasteiger charge is 2.17. The zero-order chi connectivity index (χ0) is 10.2. The molecule has 2 rings (SSSR count). The molecular weight excluding hydrogens is 174 g/mol. The molecule has 0 aliphatic heterocycles. The van der Waals surface area contributed by atoms with Crippen LogP contribution in [0.5, 0.6) is 0 Å². The maximum Gasteiger partial charge on any atom is 0.0931 e. The highest BCUT2D eigenvalue weighted by atomic mass is 14.9. The summed E-state index contributed by atoms with van der Waals surface area (Å²) in [6, 6.07) is 6.29. The van der Waals surface area contributed by atoms with Crippen LogP contribution in [0.2, 0.25) is 0 Å². The average molecular weight is 189 g/mol. The van der Waals surface area contributed by atoms with Crippen molar-refractivity contribution >= 4 is 11.0 Å². The highest BCUT2D eigenvalue weighted by molar-refractivity contribution is 5.75. The van der Waals surface area contributed by atoms with E-state index < -0.39 is 0 Å². The molecule has 0 unspecified atom stereocenters. The van der Waals surface area contributed by atoms with Crippen molar-refractivity contribution in [1.29, 1.82) is 0 Å². The molecule has 0 saturated heterocycles. The van der Waals surface area contributed by atoms with E-state index in [4.69, 9.17) is 0 Å². The molecule has 0 spiro atoms. The third kappa shape index (κ3) is 1.40. The fraction of sp³-hybridized carbons (Fsp3) is 0.364. The van der Waals surface area contributed by atoms with Gasteiger partial charge in [0, 0.05) is 5.54 Å². The number of aromatic nitrogens is 2. The summed E-state index contributed by atoms with van der Waals surface area (Å²) < 4.78 is 0. The molecular formula is C11H15N3. The molecule has 0 saturated carbocycles. The van der Waals surface area contributed by atoms with E-state index in [1.165, 1.54) is 5.56 Å². The van der Waals surface area contributed by atoms with Crippen LogP contribution in [0.25, 0.3) is 11.0 Å². The number of aromatic amines is 1. The van der Waals surface area contributed by atoms with Crippen molar-refractivity contribution in [1.82, 2.24) is 15.3 Å². The maximum atomic E-state index is 4.19. The fourth-order valence-electron chi connectivity index (χ4n) is 1.47. The van der Waals surface area contributed by atoms with Gasteiger partial charge in [0.1, 0.15) is 0 Å². The van der Waals surface area contributed by atoms with Crippen LogP contribution in [-0.4, -0.2) is 17.0 Å². The van der Waals surface area contributed by atoms with E-state index in [-0.39, 0.29) is 5.54 Å². The Balaban J connectivity index is 2.53. The molecule has 0 aliphatic rings. The molecule has 0 atom stereocenters. The van der Waals surface area contributed by atoms with E-state index in [0.717, 1.165) is 11.0 Å². The van der Waals surface area contributed by atoms with Gasteiger partial charge >= 0.3 is 0 Å². The van der Waals surface area contributed by atoms with E-state index in [1.54, 1.807) is 6.33 Å². The van der Waals surface area contributed by atoms with Gasteiger partial charge in [-0.2, -0.15) is 0 Å². The molecule has 1 heterocycles. The van der Waals surface area contributed by atoms with Gasteiger partial charge in [-0.25, -0.2) is 4.98 Å². The fourth-order valence-corrected chi connectivity index (χ4v) is 1.47. The number of nitrogens with one attached hydrogen (secondary N) is 2. The molecule has 74 valence electrons. The van der Waals surface area contributed by atoms with Gasteiger partial charge in [0.2, 0.25) is 0 Å². The lowest BCUT2D eigenvalue weighted by molar-refractivity contribution is 0.445. The van der Waals surface area contributed by atoms with Gasteiger partial charge in [0.05, 0.1) is 17.4 Å². The summed E-state index contributed by atoms with van der Waals surface area (Å²) >= 11 is 0. The van der Waals surface area contributed by atoms with Crippen molar-refractivity contribution in [3.8, 4) is 0 Å². The quantitative estimate of drug-likeness (QED) is 0.758. The summed E-state index contributed by atoms with van der Waals surface area (Å²) in [5.41, 5.74) is 3.36. The predicted octanol–water partition coefficient (Wildman–Crippen LogP) is 2.02. The van der Waals surface area contributed by atoms with Crippen LogP contribution in [0, 0.1) is 0 Å². The smallest absolute Gasteiger partial charge is 0.0931 e. The van der Waals surface area contributed by atoms with Gasteiger partial charge in [-0.15, -0.1) is 0 Å². The molecule has 3 heteroatoms. The van der Waals surface area contributed by atoms with Crippen molar-refractivity contribution < 1.29 is 0 Å². The second-order valence-corrected chi connectivity index (χ2v) is 4.01.